The second-order valence-electron chi connectivity index (χ2n) is 4.97. The minimum absolute atomic E-state index is 0.104. The summed E-state index contributed by atoms with van der Waals surface area (Å²) in [6.07, 6.45) is 3.33. The Morgan fingerprint density at radius 2 is 2.27 bits per heavy atom. The van der Waals surface area contributed by atoms with Crippen LogP contribution in [0.1, 0.15) is 18.9 Å². The lowest BCUT2D eigenvalue weighted by Gasteiger charge is -2.20. The minimum Gasteiger partial charge on any atom is -0.490 e. The third-order valence-corrected chi connectivity index (χ3v) is 3.01. The summed E-state index contributed by atoms with van der Waals surface area (Å²) >= 11 is 0. The topological polar surface area (TPSA) is 69.2 Å². The van der Waals surface area contributed by atoms with Crippen molar-refractivity contribution in [1.29, 1.82) is 0 Å². The third kappa shape index (κ3) is 4.98. The normalized spacial score (nSPS) is 16.6. The highest BCUT2D eigenvalue weighted by Gasteiger charge is 2.33. The summed E-state index contributed by atoms with van der Waals surface area (Å²) in [6.45, 7) is 6.78. The van der Waals surface area contributed by atoms with Crippen molar-refractivity contribution in [3.8, 4) is 5.75 Å². The second-order valence-corrected chi connectivity index (χ2v) is 4.97. The van der Waals surface area contributed by atoms with E-state index >= 15 is 0 Å². The summed E-state index contributed by atoms with van der Waals surface area (Å²) < 4.78 is 16.2. The van der Waals surface area contributed by atoms with Crippen LogP contribution in [0.25, 0.3) is 0 Å². The Morgan fingerprint density at radius 3 is 3.00 bits per heavy atom. The summed E-state index contributed by atoms with van der Waals surface area (Å²) in [6, 6.07) is 7.38. The van der Waals surface area contributed by atoms with Crippen molar-refractivity contribution in [2.24, 2.45) is 5.10 Å². The van der Waals surface area contributed by atoms with Crippen molar-refractivity contribution >= 4 is 12.1 Å². The molecule has 118 valence electrons. The van der Waals surface area contributed by atoms with Gasteiger partial charge in [0, 0.05) is 0 Å². The maximum absolute atomic E-state index is 11.8. The minimum atomic E-state index is -0.849. The van der Waals surface area contributed by atoms with Gasteiger partial charge in [-0.15, -0.1) is 0 Å². The lowest BCUT2D eigenvalue weighted by atomic mass is 10.2. The molecule has 0 atom stereocenters. The van der Waals surface area contributed by atoms with Gasteiger partial charge in [-0.2, -0.15) is 5.10 Å². The van der Waals surface area contributed by atoms with Gasteiger partial charge in [0.1, 0.15) is 12.4 Å². The van der Waals surface area contributed by atoms with E-state index < -0.39 is 5.79 Å². The molecule has 22 heavy (non-hydrogen) atoms. The van der Waals surface area contributed by atoms with Gasteiger partial charge in [0.05, 0.1) is 25.8 Å². The number of nitrogens with zero attached hydrogens (tertiary/aromatic N) is 1. The molecule has 0 bridgehead atoms. The predicted octanol–water partition coefficient (Wildman–Crippen LogP) is 1.85. The number of hydrazone groups is 1. The van der Waals surface area contributed by atoms with E-state index in [0.29, 0.717) is 19.8 Å². The van der Waals surface area contributed by atoms with Gasteiger partial charge in [-0.3, -0.25) is 4.79 Å². The summed E-state index contributed by atoms with van der Waals surface area (Å²) in [5.41, 5.74) is 3.28. The van der Waals surface area contributed by atoms with Crippen molar-refractivity contribution in [2.45, 2.75) is 19.1 Å². The van der Waals surface area contributed by atoms with Gasteiger partial charge in [-0.25, -0.2) is 5.43 Å². The first-order valence-corrected chi connectivity index (χ1v) is 7.05. The number of amides is 1. The van der Waals surface area contributed by atoms with E-state index in [1.807, 2.05) is 24.3 Å². The van der Waals surface area contributed by atoms with Crippen LogP contribution in [0.4, 0.5) is 0 Å². The number of hydrogen-bond acceptors (Lipinski definition) is 5. The Balaban J connectivity index is 1.83. The van der Waals surface area contributed by atoms with Gasteiger partial charge >= 0.3 is 0 Å². The smallest absolute Gasteiger partial charge is 0.245 e. The van der Waals surface area contributed by atoms with Crippen molar-refractivity contribution in [3.05, 3.63) is 42.5 Å². The second kappa shape index (κ2) is 7.72. The molecular formula is C16H20N2O4. The van der Waals surface area contributed by atoms with Crippen LogP contribution in [0.2, 0.25) is 0 Å². The molecule has 0 radical (unpaired) electrons. The van der Waals surface area contributed by atoms with Crippen LogP contribution in [0, 0.1) is 0 Å². The van der Waals surface area contributed by atoms with Crippen LogP contribution in [0.15, 0.2) is 42.0 Å². The Labute approximate surface area is 129 Å². The molecule has 0 saturated carbocycles. The first-order valence-electron chi connectivity index (χ1n) is 7.05. The van der Waals surface area contributed by atoms with E-state index in [2.05, 4.69) is 17.1 Å². The SMILES string of the molecule is C=CCOc1cccc(/C=N\NC(=O)CC2(C)OCCO2)c1. The number of benzene rings is 1. The Morgan fingerprint density at radius 1 is 1.50 bits per heavy atom. The average Bonchev–Trinajstić information content (AvgIpc) is 2.91. The van der Waals surface area contributed by atoms with Crippen LogP contribution >= 0.6 is 0 Å². The van der Waals surface area contributed by atoms with Gasteiger partial charge in [-0.05, 0) is 24.6 Å². The number of rotatable bonds is 7. The van der Waals surface area contributed by atoms with E-state index in [4.69, 9.17) is 14.2 Å². The van der Waals surface area contributed by atoms with Gasteiger partial charge < -0.3 is 14.2 Å². The predicted molar refractivity (Wildman–Crippen MR) is 82.8 cm³/mol. The number of ether oxygens (including phenoxy) is 3. The molecule has 1 aromatic carbocycles. The van der Waals surface area contributed by atoms with Crippen molar-refractivity contribution < 1.29 is 19.0 Å². The van der Waals surface area contributed by atoms with Gasteiger partial charge in [0.2, 0.25) is 5.91 Å². The molecule has 0 spiro atoms. The molecule has 1 aliphatic rings. The molecule has 0 unspecified atom stereocenters. The maximum Gasteiger partial charge on any atom is 0.245 e. The molecule has 1 amide bonds. The number of hydrogen-bond donors (Lipinski definition) is 1. The average molecular weight is 304 g/mol. The molecule has 0 aliphatic carbocycles. The Bertz CT molecular complexity index is 551. The fourth-order valence-electron chi connectivity index (χ4n) is 2.01. The monoisotopic (exact) mass is 304 g/mol. The summed E-state index contributed by atoms with van der Waals surface area (Å²) in [5, 5.41) is 3.92. The van der Waals surface area contributed by atoms with Crippen LogP contribution in [0.5, 0.6) is 5.75 Å². The summed E-state index contributed by atoms with van der Waals surface area (Å²) in [4.78, 5) is 11.8. The molecule has 1 aliphatic heterocycles. The first kappa shape index (κ1) is 16.2. The lowest BCUT2D eigenvalue weighted by Crippen LogP contribution is -2.33. The standard InChI is InChI=1S/C16H20N2O4/c1-3-7-20-14-6-4-5-13(10-14)12-17-18-15(19)11-16(2)21-8-9-22-16/h3-6,10,12H,1,7-9,11H2,2H3,(H,18,19)/b17-12-. The highest BCUT2D eigenvalue weighted by Crippen LogP contribution is 2.22. The highest BCUT2D eigenvalue weighted by atomic mass is 16.7. The Kier molecular flexibility index (Phi) is 5.68. The fraction of sp³-hybridized carbons (Fsp3) is 0.375. The quantitative estimate of drug-likeness (QED) is 0.474. The van der Waals surface area contributed by atoms with Crippen molar-refractivity contribution in [2.75, 3.05) is 19.8 Å². The molecule has 1 aromatic rings. The van der Waals surface area contributed by atoms with E-state index in [9.17, 15) is 4.79 Å². The van der Waals surface area contributed by atoms with Crippen LogP contribution < -0.4 is 10.2 Å². The number of carbonyl (C=O) groups excluding carboxylic acids is 1. The Hall–Kier alpha value is -2.18. The summed E-state index contributed by atoms with van der Waals surface area (Å²) in [5.74, 6) is -0.395. The van der Waals surface area contributed by atoms with E-state index in [1.165, 1.54) is 0 Å². The van der Waals surface area contributed by atoms with Crippen LogP contribution in [-0.2, 0) is 14.3 Å². The zero-order valence-corrected chi connectivity index (χ0v) is 12.6. The molecule has 1 N–H and O–H groups in total. The molecule has 1 saturated heterocycles. The molecule has 0 aromatic heterocycles. The van der Waals surface area contributed by atoms with Gasteiger partial charge in [0.25, 0.3) is 0 Å². The molecule has 2 rings (SSSR count). The molecule has 6 nitrogen and oxygen atoms in total. The van der Waals surface area contributed by atoms with E-state index in [-0.39, 0.29) is 12.3 Å². The van der Waals surface area contributed by atoms with Gasteiger partial charge in [-0.1, -0.05) is 24.8 Å². The number of carbonyl (C=O) groups is 1. The lowest BCUT2D eigenvalue weighted by molar-refractivity contribution is -0.159. The molecule has 1 fully saturated rings. The van der Waals surface area contributed by atoms with E-state index in [1.54, 1.807) is 19.2 Å². The molecule has 6 heteroatoms. The zero-order chi connectivity index (χ0) is 15.8. The van der Waals surface area contributed by atoms with E-state index in [0.717, 1.165) is 11.3 Å². The molecule has 1 heterocycles. The van der Waals surface area contributed by atoms with Gasteiger partial charge in [0.15, 0.2) is 5.79 Å². The van der Waals surface area contributed by atoms with Crippen LogP contribution in [0.3, 0.4) is 0 Å². The largest absolute Gasteiger partial charge is 0.490 e. The maximum atomic E-state index is 11.8. The van der Waals surface area contributed by atoms with Crippen LogP contribution in [-0.4, -0.2) is 37.7 Å². The number of nitrogens with one attached hydrogen (secondary N) is 1. The summed E-state index contributed by atoms with van der Waals surface area (Å²) in [7, 11) is 0. The zero-order valence-electron chi connectivity index (χ0n) is 12.6. The van der Waals surface area contributed by atoms with Crippen molar-refractivity contribution in [1.82, 2.24) is 5.43 Å². The highest BCUT2D eigenvalue weighted by molar-refractivity contribution is 5.83. The first-order chi connectivity index (χ1) is 10.6. The molecular weight excluding hydrogens is 284 g/mol. The fourth-order valence-corrected chi connectivity index (χ4v) is 2.01. The third-order valence-electron chi connectivity index (χ3n) is 3.01. The van der Waals surface area contributed by atoms with Crippen molar-refractivity contribution in [3.63, 3.8) is 0 Å².